The van der Waals surface area contributed by atoms with Crippen LogP contribution in [-0.4, -0.2) is 46.9 Å². The lowest BCUT2D eigenvalue weighted by atomic mass is 10.2. The molecule has 2 heterocycles. The highest BCUT2D eigenvalue weighted by atomic mass is 32.1. The Hall–Kier alpha value is -3.76. The van der Waals surface area contributed by atoms with Gasteiger partial charge in [-0.25, -0.2) is 9.78 Å². The van der Waals surface area contributed by atoms with E-state index in [0.717, 1.165) is 0 Å². The molecule has 0 saturated carbocycles. The van der Waals surface area contributed by atoms with Gasteiger partial charge in [0.1, 0.15) is 0 Å². The predicted molar refractivity (Wildman–Crippen MR) is 128 cm³/mol. The maximum Gasteiger partial charge on any atom is 0.419 e. The molecule has 0 aliphatic carbocycles. The quantitative estimate of drug-likeness (QED) is 0.414. The van der Waals surface area contributed by atoms with Crippen LogP contribution >= 0.6 is 11.3 Å². The van der Waals surface area contributed by atoms with Gasteiger partial charge >= 0.3 is 5.76 Å². The Bertz CT molecular complexity index is 1340. The number of amides is 2. The normalized spacial score (nSPS) is 11.1. The molecule has 0 radical (unpaired) electrons. The monoisotopic (exact) mass is 465 g/mol. The zero-order chi connectivity index (χ0) is 23.4. The van der Waals surface area contributed by atoms with Crippen molar-refractivity contribution in [1.29, 1.82) is 0 Å². The van der Waals surface area contributed by atoms with Crippen LogP contribution in [0.25, 0.3) is 11.1 Å². The number of hydrogen-bond donors (Lipinski definition) is 2. The first-order valence-electron chi connectivity index (χ1n) is 10.3. The van der Waals surface area contributed by atoms with E-state index in [1.54, 1.807) is 52.4 Å². The van der Waals surface area contributed by atoms with Gasteiger partial charge in [0.05, 0.1) is 17.6 Å². The molecule has 0 fully saturated rings. The highest BCUT2D eigenvalue weighted by Gasteiger charge is 2.14. The Morgan fingerprint density at radius 2 is 1.91 bits per heavy atom. The molecule has 33 heavy (non-hydrogen) atoms. The van der Waals surface area contributed by atoms with Gasteiger partial charge in [-0.1, -0.05) is 18.2 Å². The van der Waals surface area contributed by atoms with Crippen molar-refractivity contribution in [3.05, 3.63) is 75.7 Å². The van der Waals surface area contributed by atoms with Crippen LogP contribution in [-0.2, 0) is 17.8 Å². The molecule has 2 N–H and O–H groups in total. The number of likely N-dealkylation sites (N-methyl/N-ethyl adjacent to an activating group) is 1. The Labute approximate surface area is 193 Å². The van der Waals surface area contributed by atoms with Crippen molar-refractivity contribution < 1.29 is 14.0 Å². The average molecular weight is 466 g/mol. The van der Waals surface area contributed by atoms with Gasteiger partial charge in [0.15, 0.2) is 10.7 Å². The van der Waals surface area contributed by atoms with E-state index in [4.69, 9.17) is 4.42 Å². The van der Waals surface area contributed by atoms with Gasteiger partial charge < -0.3 is 14.6 Å². The van der Waals surface area contributed by atoms with Crippen molar-refractivity contribution >= 4 is 45.1 Å². The van der Waals surface area contributed by atoms with E-state index in [9.17, 15) is 14.4 Å². The first kappa shape index (κ1) is 22.4. The van der Waals surface area contributed by atoms with E-state index in [2.05, 4.69) is 15.6 Å². The topological polar surface area (TPSA) is 109 Å². The van der Waals surface area contributed by atoms with Gasteiger partial charge in [-0.2, -0.15) is 0 Å². The van der Waals surface area contributed by atoms with Crippen LogP contribution < -0.4 is 16.4 Å². The Balaban J connectivity index is 1.40. The van der Waals surface area contributed by atoms with Crippen molar-refractivity contribution in [2.75, 3.05) is 31.3 Å². The predicted octanol–water partition coefficient (Wildman–Crippen LogP) is 3.05. The minimum atomic E-state index is -0.428. The molecular weight excluding hydrogens is 442 g/mol. The van der Waals surface area contributed by atoms with Crippen molar-refractivity contribution in [2.45, 2.75) is 13.0 Å². The maximum absolute atomic E-state index is 12.5. The third kappa shape index (κ3) is 5.54. The van der Waals surface area contributed by atoms with Crippen LogP contribution in [0.3, 0.4) is 0 Å². The molecule has 4 aromatic rings. The summed E-state index contributed by atoms with van der Waals surface area (Å²) in [4.78, 5) is 43.2. The number of nitrogens with zero attached hydrogens (tertiary/aromatic N) is 3. The smallest absolute Gasteiger partial charge is 0.408 e. The lowest BCUT2D eigenvalue weighted by molar-refractivity contribution is -0.115. The lowest BCUT2D eigenvalue weighted by Gasteiger charge is -2.10. The molecule has 2 aromatic carbocycles. The second kappa shape index (κ2) is 9.80. The molecular formula is C23H23N5O4S. The molecule has 10 heteroatoms. The molecule has 170 valence electrons. The van der Waals surface area contributed by atoms with Gasteiger partial charge in [0.25, 0.3) is 5.91 Å². The summed E-state index contributed by atoms with van der Waals surface area (Å²) in [5, 5.41) is 7.73. The van der Waals surface area contributed by atoms with Crippen LogP contribution in [0.1, 0.15) is 16.1 Å². The summed E-state index contributed by atoms with van der Waals surface area (Å²) in [7, 11) is 3.85. The number of fused-ring (bicyclic) bond motifs is 1. The number of aromatic nitrogens is 2. The van der Waals surface area contributed by atoms with E-state index in [1.807, 2.05) is 25.1 Å². The largest absolute Gasteiger partial charge is 0.419 e. The maximum atomic E-state index is 12.5. The molecule has 2 aromatic heterocycles. The van der Waals surface area contributed by atoms with Gasteiger partial charge in [0, 0.05) is 29.7 Å². The number of carbonyl (C=O) groups excluding carboxylic acids is 2. The molecule has 0 spiro atoms. The molecule has 0 unspecified atom stereocenters. The summed E-state index contributed by atoms with van der Waals surface area (Å²) in [5.74, 6) is -0.941. The van der Waals surface area contributed by atoms with Crippen molar-refractivity contribution in [2.24, 2.45) is 0 Å². The van der Waals surface area contributed by atoms with Gasteiger partial charge in [-0.05, 0) is 44.4 Å². The summed E-state index contributed by atoms with van der Waals surface area (Å²) in [6, 6.07) is 13.9. The molecule has 0 bridgehead atoms. The van der Waals surface area contributed by atoms with Crippen LogP contribution in [0, 0.1) is 0 Å². The molecule has 2 amide bonds. The fraction of sp³-hybridized carbons (Fsp3) is 0.217. The highest BCUT2D eigenvalue weighted by Crippen LogP contribution is 2.20. The number of rotatable bonds is 8. The van der Waals surface area contributed by atoms with Gasteiger partial charge in [-0.15, -0.1) is 11.3 Å². The third-order valence-electron chi connectivity index (χ3n) is 4.87. The third-order valence-corrected chi connectivity index (χ3v) is 5.68. The summed E-state index contributed by atoms with van der Waals surface area (Å²) in [5.41, 5.74) is 2.73. The molecule has 9 nitrogen and oxygen atoms in total. The zero-order valence-corrected chi connectivity index (χ0v) is 19.0. The number of nitrogens with one attached hydrogen (secondary N) is 2. The Morgan fingerprint density at radius 1 is 1.12 bits per heavy atom. The van der Waals surface area contributed by atoms with Gasteiger partial charge in [0.2, 0.25) is 5.91 Å². The van der Waals surface area contributed by atoms with Crippen LogP contribution in [0.4, 0.5) is 10.8 Å². The van der Waals surface area contributed by atoms with Crippen molar-refractivity contribution in [1.82, 2.24) is 14.5 Å². The fourth-order valence-electron chi connectivity index (χ4n) is 3.23. The van der Waals surface area contributed by atoms with Crippen LogP contribution in [0.5, 0.6) is 0 Å². The number of carbonyl (C=O) groups is 2. The lowest BCUT2D eigenvalue weighted by Crippen LogP contribution is -2.23. The van der Waals surface area contributed by atoms with E-state index in [1.165, 1.54) is 11.3 Å². The molecule has 0 aliphatic rings. The Morgan fingerprint density at radius 3 is 2.67 bits per heavy atom. The standard InChI is InChI=1S/C23H23N5O4S/c1-27(2)10-11-28-18-12-16(8-9-19(18)32-23(28)31)24-20(29)13-17-14-33-22(25-17)26-21(30)15-6-4-3-5-7-15/h3-9,12,14H,10-11,13H2,1-2H3,(H,24,29)(H,25,26,30). The summed E-state index contributed by atoms with van der Waals surface area (Å²) >= 11 is 1.26. The summed E-state index contributed by atoms with van der Waals surface area (Å²) in [6.07, 6.45) is 0.0502. The number of hydrogen-bond acceptors (Lipinski definition) is 7. The van der Waals surface area contributed by atoms with E-state index in [-0.39, 0.29) is 18.2 Å². The number of oxazole rings is 1. The molecule has 0 aliphatic heterocycles. The average Bonchev–Trinajstić information content (AvgIpc) is 3.35. The van der Waals surface area contributed by atoms with Crippen LogP contribution in [0.2, 0.25) is 0 Å². The first-order valence-corrected chi connectivity index (χ1v) is 11.2. The van der Waals surface area contributed by atoms with E-state index >= 15 is 0 Å². The second-order valence-corrected chi connectivity index (χ2v) is 8.55. The minimum absolute atomic E-state index is 0.0502. The Kier molecular flexibility index (Phi) is 6.66. The molecule has 4 rings (SSSR count). The fourth-order valence-corrected chi connectivity index (χ4v) is 3.93. The van der Waals surface area contributed by atoms with Crippen molar-refractivity contribution in [3.63, 3.8) is 0 Å². The van der Waals surface area contributed by atoms with E-state index < -0.39 is 5.76 Å². The summed E-state index contributed by atoms with van der Waals surface area (Å²) < 4.78 is 6.84. The van der Waals surface area contributed by atoms with Crippen LogP contribution in [0.15, 0.2) is 63.1 Å². The highest BCUT2D eigenvalue weighted by molar-refractivity contribution is 7.14. The SMILES string of the molecule is CN(C)CCn1c(=O)oc2ccc(NC(=O)Cc3csc(NC(=O)c4ccccc4)n3)cc21. The minimum Gasteiger partial charge on any atom is -0.408 e. The first-order chi connectivity index (χ1) is 15.9. The number of anilines is 2. The van der Waals surface area contributed by atoms with Crippen molar-refractivity contribution in [3.8, 4) is 0 Å². The number of thiazole rings is 1. The summed E-state index contributed by atoms with van der Waals surface area (Å²) in [6.45, 7) is 1.16. The van der Waals surface area contributed by atoms with Gasteiger partial charge in [-0.3, -0.25) is 19.5 Å². The zero-order valence-electron chi connectivity index (χ0n) is 18.2. The second-order valence-electron chi connectivity index (χ2n) is 7.69. The number of benzene rings is 2. The molecule has 0 atom stereocenters. The van der Waals surface area contributed by atoms with E-state index in [0.29, 0.717) is 46.3 Å². The molecule has 0 saturated heterocycles.